The standard InChI is InChI=1S/C47H32O.C44H28O.C42H26O/c1-47(2)39-21-9-7-17-36(39)45-38(20-11-22-40(45)47)44-34-15-5-3-13-32(34)43(33-14-4-6-16-35(33)44)30-27-25-29(26-28-30)31-19-12-24-42-46(31)37-18-8-10-23-41(37)48-42;1-2-12-29(13-3-1)32-14-10-15-33(28-32)43-37-18-6-4-16-35(37)42(36-17-5-7-19-38(36)43)31-26-24-30(25-27-31)34-21-11-23-41-44(34)39-20-8-9-22-40(39)45-41;1-2-13-30-27(11-1)12-9-20-32(30)41-35-16-5-3-14-33(35)40(34-15-4-6-17-36(34)41)29-25-23-28(24-26-29)31-19-10-22-39-42(31)37-18-7-8-21-38(37)43-39/h3-28H,1-2H3;1-28H;1-26H/i3D,4D,5D,6D,13D,14D,15D,16D;4D,5D,6D,7D,16D,17D,18D,19D;3D,4D,5D,6D,14D,15D,16D,17D. The second kappa shape index (κ2) is 32.5. The highest BCUT2D eigenvalue weighted by Gasteiger charge is 2.38. The van der Waals surface area contributed by atoms with E-state index in [2.05, 4.69) is 26.0 Å². The molecule has 3 heteroatoms. The average molecular weight is 1760 g/mol. The first-order chi connectivity index (χ1) is 77.2. The number of furan rings is 3. The third kappa shape index (κ3) is 13.0. The number of fused-ring (bicyclic) bond motifs is 19. The Morgan fingerprint density at radius 3 is 0.853 bits per heavy atom. The molecule has 0 bridgehead atoms. The lowest BCUT2D eigenvalue weighted by Crippen LogP contribution is -2.14. The summed E-state index contributed by atoms with van der Waals surface area (Å²) in [5.74, 6) is 0. The van der Waals surface area contributed by atoms with Gasteiger partial charge in [0.05, 0.1) is 32.9 Å². The van der Waals surface area contributed by atoms with Crippen molar-refractivity contribution in [1.82, 2.24) is 0 Å². The summed E-state index contributed by atoms with van der Waals surface area (Å²) >= 11 is 0. The molecule has 636 valence electrons. The predicted octanol–water partition coefficient (Wildman–Crippen LogP) is 37.8. The predicted molar refractivity (Wildman–Crippen MR) is 576 cm³/mol. The van der Waals surface area contributed by atoms with Crippen LogP contribution in [-0.2, 0) is 5.41 Å². The van der Waals surface area contributed by atoms with E-state index in [0.29, 0.717) is 66.8 Å². The van der Waals surface area contributed by atoms with Gasteiger partial charge in [-0.15, -0.1) is 0 Å². The summed E-state index contributed by atoms with van der Waals surface area (Å²) < 4.78 is 236. The molecule has 0 saturated heterocycles. The van der Waals surface area contributed by atoms with Gasteiger partial charge in [-0.3, -0.25) is 0 Å². The molecule has 1 aliphatic rings. The van der Waals surface area contributed by atoms with Gasteiger partial charge in [0.2, 0.25) is 0 Å². The summed E-state index contributed by atoms with van der Waals surface area (Å²) in [6.07, 6.45) is 0. The summed E-state index contributed by atoms with van der Waals surface area (Å²) in [4.78, 5) is 0. The Hall–Kier alpha value is -17.5. The van der Waals surface area contributed by atoms with E-state index in [1.165, 1.54) is 0 Å². The maximum absolute atomic E-state index is 9.47. The number of hydrogen-bond acceptors (Lipinski definition) is 3. The van der Waals surface area contributed by atoms with Gasteiger partial charge in [0, 0.05) is 37.7 Å². The molecule has 3 nitrogen and oxygen atoms in total. The fraction of sp³-hybridized carbons (Fsp3) is 0.0226. The van der Waals surface area contributed by atoms with Gasteiger partial charge in [-0.05, 0) is 251 Å². The fourth-order valence-electron chi connectivity index (χ4n) is 21.0. The van der Waals surface area contributed by atoms with Crippen molar-refractivity contribution in [3.05, 3.63) is 496 Å². The number of rotatable bonds is 10. The second-order valence-electron chi connectivity index (χ2n) is 34.7. The summed E-state index contributed by atoms with van der Waals surface area (Å²) in [6.45, 7) is 4.30. The number of para-hydroxylation sites is 3. The minimum absolute atomic E-state index is 0.185. The molecule has 0 radical (unpaired) electrons. The van der Waals surface area contributed by atoms with Gasteiger partial charge in [-0.1, -0.05) is 456 Å². The van der Waals surface area contributed by atoms with Crippen molar-refractivity contribution in [3.8, 4) is 122 Å². The maximum atomic E-state index is 9.47. The average Bonchev–Trinajstić information content (AvgIpc) is 0.782. The Morgan fingerprint density at radius 1 is 0.169 bits per heavy atom. The third-order valence-electron chi connectivity index (χ3n) is 27.0. The Kier molecular flexibility index (Phi) is 13.9. The number of hydrogen-bond donors (Lipinski definition) is 0. The lowest BCUT2D eigenvalue weighted by molar-refractivity contribution is 0.660. The molecule has 1 aliphatic carbocycles. The molecule has 0 unspecified atom stereocenters. The summed E-state index contributed by atoms with van der Waals surface area (Å²) in [6, 6.07) is 100. The first kappa shape index (κ1) is 58.3. The zero-order valence-corrected chi connectivity index (χ0v) is 73.1. The molecule has 0 aliphatic heterocycles. The van der Waals surface area contributed by atoms with E-state index in [9.17, 15) is 16.4 Å². The van der Waals surface area contributed by atoms with E-state index in [0.717, 1.165) is 143 Å². The molecule has 3 heterocycles. The topological polar surface area (TPSA) is 39.4 Å². The minimum Gasteiger partial charge on any atom is -0.456 e. The van der Waals surface area contributed by atoms with E-state index in [1.54, 1.807) is 0 Å². The molecule has 0 N–H and O–H groups in total. The van der Waals surface area contributed by atoms with Crippen LogP contribution in [0.25, 0.3) is 264 Å². The Morgan fingerprint density at radius 2 is 0.434 bits per heavy atom. The number of benzene rings is 24. The van der Waals surface area contributed by atoms with Crippen molar-refractivity contribution in [2.45, 2.75) is 19.3 Å². The molecule has 27 aromatic rings. The minimum atomic E-state index is -0.428. The normalized spacial score (nSPS) is 14.7. The fourth-order valence-corrected chi connectivity index (χ4v) is 21.0. The molecule has 0 atom stereocenters. The monoisotopic (exact) mass is 1750 g/mol. The summed E-state index contributed by atoms with van der Waals surface area (Å²) in [5.41, 5.74) is 21.0. The lowest BCUT2D eigenvalue weighted by atomic mass is 9.80. The van der Waals surface area contributed by atoms with Crippen LogP contribution < -0.4 is 0 Å². The maximum Gasteiger partial charge on any atom is 0.136 e. The van der Waals surface area contributed by atoms with Crippen LogP contribution in [0.1, 0.15) is 57.9 Å². The van der Waals surface area contributed by atoms with Crippen molar-refractivity contribution in [2.24, 2.45) is 0 Å². The van der Waals surface area contributed by atoms with Crippen molar-refractivity contribution in [3.63, 3.8) is 0 Å². The van der Waals surface area contributed by atoms with Crippen molar-refractivity contribution >= 4 is 141 Å². The van der Waals surface area contributed by atoms with Crippen molar-refractivity contribution < 1.29 is 46.1 Å². The van der Waals surface area contributed by atoms with Crippen LogP contribution in [0.3, 0.4) is 0 Å². The summed E-state index contributed by atoms with van der Waals surface area (Å²) in [7, 11) is 0. The van der Waals surface area contributed by atoms with E-state index < -0.39 is 72.5 Å². The smallest absolute Gasteiger partial charge is 0.136 e. The molecule has 3 aromatic heterocycles. The lowest BCUT2D eigenvalue weighted by Gasteiger charge is -2.22. The SMILES string of the molecule is [2H]c1c([2H])c([2H])c2c(-c3cccc(-c4ccccc4)c3)c3c([2H])c([2H])c([2H])c([2H])c3c(-c3ccc(-c4cccc5oc6ccccc6c45)cc3)c2c1[2H].[2H]c1c([2H])c([2H])c2c(-c3cccc4c3-c3ccccc3C4(C)C)c3c([2H])c([2H])c([2H])c([2H])c3c(-c3ccc(-c4cccc5oc6ccccc6c45)cc3)c2c1[2H].[2H]c1c([2H])c([2H])c2c(-c3cccc4ccccc34)c3c([2H])c([2H])c([2H])c([2H])c3c(-c3ccc(-c4cccc5oc6ccccc6c45)cc3)c2c1[2H]. The van der Waals surface area contributed by atoms with Crippen LogP contribution in [0.5, 0.6) is 0 Å². The third-order valence-corrected chi connectivity index (χ3v) is 27.0. The highest BCUT2D eigenvalue weighted by atomic mass is 16.3. The zero-order valence-electron chi connectivity index (χ0n) is 97.1. The van der Waals surface area contributed by atoms with E-state index in [1.807, 2.05) is 328 Å². The highest BCUT2D eigenvalue weighted by molar-refractivity contribution is 6.27. The van der Waals surface area contributed by atoms with E-state index in [-0.39, 0.29) is 143 Å². The summed E-state index contributed by atoms with van der Waals surface area (Å²) in [5, 5.41) is 9.88. The van der Waals surface area contributed by atoms with Crippen molar-refractivity contribution in [2.75, 3.05) is 0 Å². The van der Waals surface area contributed by atoms with Gasteiger partial charge < -0.3 is 13.3 Å². The molecular formula is C133H86O3. The van der Waals surface area contributed by atoms with Gasteiger partial charge in [-0.2, -0.15) is 0 Å². The second-order valence-corrected chi connectivity index (χ2v) is 34.7. The first-order valence-electron chi connectivity index (χ1n) is 57.0. The van der Waals surface area contributed by atoms with Gasteiger partial charge in [0.25, 0.3) is 0 Å². The van der Waals surface area contributed by atoms with Gasteiger partial charge in [0.1, 0.15) is 33.5 Å². The molecule has 0 saturated carbocycles. The molecule has 0 amide bonds. The van der Waals surface area contributed by atoms with Crippen molar-refractivity contribution in [1.29, 1.82) is 0 Å². The van der Waals surface area contributed by atoms with E-state index >= 15 is 0 Å². The van der Waals surface area contributed by atoms with Crippen LogP contribution in [0.4, 0.5) is 0 Å². The van der Waals surface area contributed by atoms with Crippen LogP contribution >= 0.6 is 0 Å². The quantitative estimate of drug-likeness (QED) is 0.128. The molecular weight excluding hydrogens is 1650 g/mol. The largest absolute Gasteiger partial charge is 0.456 e. The van der Waals surface area contributed by atoms with Crippen LogP contribution in [0.2, 0.25) is 0 Å². The highest BCUT2D eigenvalue weighted by Crippen LogP contribution is 2.56. The van der Waals surface area contributed by atoms with Gasteiger partial charge in [-0.25, -0.2) is 0 Å². The van der Waals surface area contributed by atoms with Crippen LogP contribution in [-0.4, -0.2) is 0 Å². The molecule has 28 rings (SSSR count). The Balaban J connectivity index is 0.000000119. The molecule has 136 heavy (non-hydrogen) atoms. The first-order valence-corrected chi connectivity index (χ1v) is 45.0. The van der Waals surface area contributed by atoms with Crippen LogP contribution in [0, 0.1) is 0 Å². The molecule has 0 spiro atoms. The Labute approximate surface area is 820 Å². The van der Waals surface area contributed by atoms with E-state index in [4.69, 9.17) is 29.7 Å². The molecule has 0 fully saturated rings. The van der Waals surface area contributed by atoms with Gasteiger partial charge in [0.15, 0.2) is 0 Å². The van der Waals surface area contributed by atoms with Gasteiger partial charge >= 0.3 is 0 Å². The Bertz CT molecular complexity index is 10800. The zero-order chi connectivity index (χ0) is 111. The van der Waals surface area contributed by atoms with Crippen LogP contribution in [0.15, 0.2) is 498 Å². The molecule has 24 aromatic carbocycles.